The molecule has 2 fully saturated rings. The van der Waals surface area contributed by atoms with Gasteiger partial charge in [-0.2, -0.15) is 0 Å². The number of Topliss-reactive ketones (excluding diaryl/α,β-unsaturated/α-hetero) is 2. The van der Waals surface area contributed by atoms with E-state index < -0.39 is 5.41 Å². The van der Waals surface area contributed by atoms with E-state index in [1.165, 1.54) is 12.0 Å². The Morgan fingerprint density at radius 1 is 1.27 bits per heavy atom. The molecule has 5 rings (SSSR count). The van der Waals surface area contributed by atoms with Crippen molar-refractivity contribution in [3.8, 4) is 5.75 Å². The second-order valence-corrected chi connectivity index (χ2v) is 7.09. The summed E-state index contributed by atoms with van der Waals surface area (Å²) >= 11 is 0. The molecule has 3 heteroatoms. The van der Waals surface area contributed by atoms with Crippen LogP contribution >= 0.6 is 0 Å². The van der Waals surface area contributed by atoms with Crippen LogP contribution in [-0.4, -0.2) is 18.7 Å². The molecule has 114 valence electrons. The average Bonchev–Trinajstić information content (AvgIpc) is 2.91. The van der Waals surface area contributed by atoms with Gasteiger partial charge >= 0.3 is 0 Å². The molecule has 0 spiro atoms. The number of hydrogen-bond donors (Lipinski definition) is 0. The van der Waals surface area contributed by atoms with Crippen molar-refractivity contribution in [3.63, 3.8) is 0 Å². The Hall–Kier alpha value is -1.90. The van der Waals surface area contributed by atoms with E-state index in [0.717, 1.165) is 30.6 Å². The molecular formula is C19H20O3. The van der Waals surface area contributed by atoms with Crippen LogP contribution in [0.4, 0.5) is 0 Å². The summed E-state index contributed by atoms with van der Waals surface area (Å²) in [5.41, 5.74) is 2.16. The topological polar surface area (TPSA) is 43.4 Å². The van der Waals surface area contributed by atoms with Crippen molar-refractivity contribution in [2.45, 2.75) is 32.6 Å². The molecule has 22 heavy (non-hydrogen) atoms. The Balaban J connectivity index is 1.65. The number of carbonyl (C=O) groups is 2. The summed E-state index contributed by atoms with van der Waals surface area (Å²) in [6.45, 7) is 1.89. The second-order valence-electron chi connectivity index (χ2n) is 7.09. The first-order valence-electron chi connectivity index (χ1n) is 7.98. The molecule has 0 radical (unpaired) electrons. The quantitative estimate of drug-likeness (QED) is 0.485. The van der Waals surface area contributed by atoms with Gasteiger partial charge in [-0.3, -0.25) is 9.59 Å². The molecule has 0 aliphatic heterocycles. The first-order chi connectivity index (χ1) is 10.5. The third-order valence-corrected chi connectivity index (χ3v) is 5.74. The number of methoxy groups -OCH3 is 1. The van der Waals surface area contributed by atoms with Crippen molar-refractivity contribution in [2.75, 3.05) is 7.11 Å². The van der Waals surface area contributed by atoms with Gasteiger partial charge in [-0.1, -0.05) is 11.6 Å². The molecule has 0 amide bonds. The highest BCUT2D eigenvalue weighted by Gasteiger charge is 2.58. The molecule has 3 unspecified atom stereocenters. The second kappa shape index (κ2) is 4.55. The standard InChI is InChI=1S/C19H20O3/c1-11-5-14(3-4-16(11)22-2)17(20)18(21)19-9-12-6-13(10-19)8-15(19)7-12/h3-5,7,12-13H,6,8-10H2,1-2H3. The minimum absolute atomic E-state index is 0.187. The number of ketones is 2. The van der Waals surface area contributed by atoms with Crippen molar-refractivity contribution in [2.24, 2.45) is 17.3 Å². The average molecular weight is 296 g/mol. The van der Waals surface area contributed by atoms with Crippen molar-refractivity contribution < 1.29 is 14.3 Å². The Morgan fingerprint density at radius 2 is 2.09 bits per heavy atom. The van der Waals surface area contributed by atoms with E-state index in [0.29, 0.717) is 17.4 Å². The summed E-state index contributed by atoms with van der Waals surface area (Å²) in [6, 6.07) is 5.24. The third-order valence-electron chi connectivity index (χ3n) is 5.74. The van der Waals surface area contributed by atoms with E-state index in [1.54, 1.807) is 25.3 Å². The van der Waals surface area contributed by atoms with Gasteiger partial charge in [0.15, 0.2) is 0 Å². The van der Waals surface area contributed by atoms with Crippen LogP contribution in [0.3, 0.4) is 0 Å². The third kappa shape index (κ3) is 1.74. The predicted octanol–water partition coefficient (Wildman–Crippen LogP) is 3.50. The van der Waals surface area contributed by atoms with Gasteiger partial charge in [0, 0.05) is 5.56 Å². The maximum atomic E-state index is 13.0. The van der Waals surface area contributed by atoms with Crippen molar-refractivity contribution in [3.05, 3.63) is 41.0 Å². The number of aryl methyl sites for hydroxylation is 1. The largest absolute Gasteiger partial charge is 0.496 e. The van der Waals surface area contributed by atoms with Crippen molar-refractivity contribution in [1.29, 1.82) is 0 Å². The first-order valence-corrected chi connectivity index (χ1v) is 7.98. The lowest BCUT2D eigenvalue weighted by atomic mass is 9.70. The van der Waals surface area contributed by atoms with Crippen LogP contribution in [0.1, 0.15) is 41.6 Å². The molecule has 0 saturated heterocycles. The number of ether oxygens (including phenoxy) is 1. The Labute approximate surface area is 130 Å². The lowest BCUT2D eigenvalue weighted by molar-refractivity contribution is -0.123. The zero-order chi connectivity index (χ0) is 15.5. The van der Waals surface area contributed by atoms with E-state index in [1.807, 2.05) is 6.92 Å². The molecule has 1 aromatic carbocycles. The van der Waals surface area contributed by atoms with Crippen LogP contribution in [0.2, 0.25) is 0 Å². The summed E-state index contributed by atoms with van der Waals surface area (Å²) in [5.74, 6) is 1.36. The highest BCUT2D eigenvalue weighted by atomic mass is 16.5. The normalized spacial score (nSPS) is 31.3. The Bertz CT molecular complexity index is 715. The van der Waals surface area contributed by atoms with Gasteiger partial charge in [0.2, 0.25) is 11.6 Å². The number of hydrogen-bond acceptors (Lipinski definition) is 3. The van der Waals surface area contributed by atoms with E-state index in [9.17, 15) is 9.59 Å². The summed E-state index contributed by atoms with van der Waals surface area (Å²) in [7, 11) is 1.61. The molecule has 0 N–H and O–H groups in total. The van der Waals surface area contributed by atoms with Gasteiger partial charge in [-0.15, -0.1) is 0 Å². The fraction of sp³-hybridized carbons (Fsp3) is 0.474. The Kier molecular flexibility index (Phi) is 2.84. The zero-order valence-electron chi connectivity index (χ0n) is 13.0. The van der Waals surface area contributed by atoms with Gasteiger partial charge in [0.25, 0.3) is 0 Å². The van der Waals surface area contributed by atoms with Gasteiger partial charge < -0.3 is 4.74 Å². The van der Waals surface area contributed by atoms with Crippen molar-refractivity contribution in [1.82, 2.24) is 0 Å². The first kappa shape index (κ1) is 13.7. The molecule has 4 bridgehead atoms. The van der Waals surface area contributed by atoms with Crippen LogP contribution in [0.25, 0.3) is 0 Å². The molecule has 4 aliphatic rings. The fourth-order valence-electron chi connectivity index (χ4n) is 4.88. The van der Waals surface area contributed by atoms with Gasteiger partial charge in [-0.25, -0.2) is 0 Å². The zero-order valence-corrected chi connectivity index (χ0v) is 13.0. The molecule has 3 nitrogen and oxygen atoms in total. The van der Waals surface area contributed by atoms with Gasteiger partial charge in [0.05, 0.1) is 12.5 Å². The SMILES string of the molecule is COc1ccc(C(=O)C(=O)C23CC4C=C2CC(C4)C3)cc1C. The predicted molar refractivity (Wildman–Crippen MR) is 83.0 cm³/mol. The maximum Gasteiger partial charge on any atom is 0.229 e. The highest BCUT2D eigenvalue weighted by molar-refractivity contribution is 6.46. The van der Waals surface area contributed by atoms with E-state index in [-0.39, 0.29) is 11.6 Å². The summed E-state index contributed by atoms with van der Waals surface area (Å²) in [6.07, 6.45) is 6.24. The van der Waals surface area contributed by atoms with Crippen LogP contribution in [0.5, 0.6) is 5.75 Å². The summed E-state index contributed by atoms with van der Waals surface area (Å²) in [5, 5.41) is 0. The lowest BCUT2D eigenvalue weighted by Gasteiger charge is -2.30. The van der Waals surface area contributed by atoms with Crippen LogP contribution in [0, 0.1) is 24.2 Å². The van der Waals surface area contributed by atoms with E-state index in [4.69, 9.17) is 4.74 Å². The fourth-order valence-corrected chi connectivity index (χ4v) is 4.88. The van der Waals surface area contributed by atoms with Gasteiger partial charge in [-0.05, 0) is 68.2 Å². The minimum Gasteiger partial charge on any atom is -0.496 e. The number of rotatable bonds is 4. The molecule has 0 heterocycles. The van der Waals surface area contributed by atoms with Crippen LogP contribution < -0.4 is 4.74 Å². The number of allylic oxidation sites excluding steroid dienone is 2. The number of carbonyl (C=O) groups excluding carboxylic acids is 2. The van der Waals surface area contributed by atoms with E-state index >= 15 is 0 Å². The number of benzene rings is 1. The molecule has 2 saturated carbocycles. The van der Waals surface area contributed by atoms with E-state index in [2.05, 4.69) is 6.08 Å². The van der Waals surface area contributed by atoms with Crippen LogP contribution in [0.15, 0.2) is 29.8 Å². The Morgan fingerprint density at radius 3 is 2.77 bits per heavy atom. The monoisotopic (exact) mass is 296 g/mol. The highest BCUT2D eigenvalue weighted by Crippen LogP contribution is 2.62. The smallest absolute Gasteiger partial charge is 0.229 e. The maximum absolute atomic E-state index is 13.0. The van der Waals surface area contributed by atoms with Crippen LogP contribution in [-0.2, 0) is 4.79 Å². The van der Waals surface area contributed by atoms with Crippen molar-refractivity contribution >= 4 is 11.6 Å². The molecule has 0 aromatic heterocycles. The lowest BCUT2D eigenvalue weighted by Crippen LogP contribution is -2.36. The molecule has 3 atom stereocenters. The molecule has 4 aliphatic carbocycles. The summed E-state index contributed by atoms with van der Waals surface area (Å²) in [4.78, 5) is 25.7. The minimum atomic E-state index is -0.460. The summed E-state index contributed by atoms with van der Waals surface area (Å²) < 4.78 is 5.22. The van der Waals surface area contributed by atoms with Gasteiger partial charge in [0.1, 0.15) is 5.75 Å². The molecular weight excluding hydrogens is 276 g/mol. The molecule has 1 aromatic rings.